The fraction of sp³-hybridized carbons (Fsp3) is 0.407. The second-order valence-corrected chi connectivity index (χ2v) is 9.34. The SMILES string of the molecule is Cc1noc(C)c1C1CC=C(Cc2cc(C(=O)NC3CCCC[C@@H]3O)nc3ccccc23)C=N1. The van der Waals surface area contributed by atoms with E-state index < -0.39 is 6.10 Å². The Morgan fingerprint density at radius 3 is 2.76 bits per heavy atom. The van der Waals surface area contributed by atoms with Crippen LogP contribution < -0.4 is 5.32 Å². The maximum Gasteiger partial charge on any atom is 0.270 e. The van der Waals surface area contributed by atoms with E-state index in [9.17, 15) is 9.90 Å². The highest BCUT2D eigenvalue weighted by atomic mass is 16.5. The molecule has 3 aromatic rings. The van der Waals surface area contributed by atoms with E-state index in [2.05, 4.69) is 21.5 Å². The van der Waals surface area contributed by atoms with Gasteiger partial charge in [-0.2, -0.15) is 0 Å². The van der Waals surface area contributed by atoms with Gasteiger partial charge in [0.2, 0.25) is 0 Å². The van der Waals surface area contributed by atoms with Crippen LogP contribution in [0.25, 0.3) is 10.9 Å². The number of fused-ring (bicyclic) bond motifs is 1. The van der Waals surface area contributed by atoms with Crippen LogP contribution in [0, 0.1) is 13.8 Å². The van der Waals surface area contributed by atoms with Gasteiger partial charge in [-0.05, 0) is 62.8 Å². The summed E-state index contributed by atoms with van der Waals surface area (Å²) >= 11 is 0. The van der Waals surface area contributed by atoms with Gasteiger partial charge in [-0.25, -0.2) is 4.98 Å². The van der Waals surface area contributed by atoms with Gasteiger partial charge in [0.05, 0.1) is 29.4 Å². The largest absolute Gasteiger partial charge is 0.391 e. The van der Waals surface area contributed by atoms with Gasteiger partial charge < -0.3 is 14.9 Å². The van der Waals surface area contributed by atoms with Gasteiger partial charge in [0.15, 0.2) is 0 Å². The number of allylic oxidation sites excluding steroid dienone is 1. The van der Waals surface area contributed by atoms with Crippen molar-refractivity contribution in [3.05, 3.63) is 70.3 Å². The summed E-state index contributed by atoms with van der Waals surface area (Å²) in [5.74, 6) is 0.582. The number of aromatic nitrogens is 2. The van der Waals surface area contributed by atoms with Crippen LogP contribution in [0.2, 0.25) is 0 Å². The van der Waals surface area contributed by atoms with Crippen molar-refractivity contribution in [3.8, 4) is 0 Å². The molecule has 0 bridgehead atoms. The molecule has 7 heteroatoms. The molecule has 3 atom stereocenters. The van der Waals surface area contributed by atoms with Crippen LogP contribution in [0.3, 0.4) is 0 Å². The van der Waals surface area contributed by atoms with Crippen LogP contribution in [0.1, 0.15) is 71.2 Å². The van der Waals surface area contributed by atoms with Crippen LogP contribution in [0.15, 0.2) is 51.5 Å². The zero-order chi connectivity index (χ0) is 23.7. The highest BCUT2D eigenvalue weighted by molar-refractivity contribution is 5.96. The minimum absolute atomic E-state index is 0.0208. The number of carbonyl (C=O) groups excluding carboxylic acids is 1. The van der Waals surface area contributed by atoms with Gasteiger partial charge >= 0.3 is 0 Å². The number of rotatable bonds is 5. The number of aliphatic hydroxyl groups excluding tert-OH is 1. The molecule has 2 N–H and O–H groups in total. The smallest absolute Gasteiger partial charge is 0.270 e. The normalized spacial score (nSPS) is 22.6. The van der Waals surface area contributed by atoms with Crippen molar-refractivity contribution in [1.82, 2.24) is 15.5 Å². The third-order valence-corrected chi connectivity index (χ3v) is 6.92. The molecule has 1 fully saturated rings. The van der Waals surface area contributed by atoms with E-state index in [0.717, 1.165) is 71.2 Å². The van der Waals surface area contributed by atoms with E-state index in [4.69, 9.17) is 9.52 Å². The zero-order valence-corrected chi connectivity index (χ0v) is 19.6. The summed E-state index contributed by atoms with van der Waals surface area (Å²) in [6.45, 7) is 3.87. The number of amides is 1. The average Bonchev–Trinajstić information content (AvgIpc) is 3.18. The predicted molar refractivity (Wildman–Crippen MR) is 131 cm³/mol. The summed E-state index contributed by atoms with van der Waals surface area (Å²) in [7, 11) is 0. The quantitative estimate of drug-likeness (QED) is 0.584. The lowest BCUT2D eigenvalue weighted by Gasteiger charge is -2.28. The van der Waals surface area contributed by atoms with Gasteiger partial charge in [-0.1, -0.05) is 42.3 Å². The van der Waals surface area contributed by atoms with Gasteiger partial charge in [0.25, 0.3) is 5.91 Å². The highest BCUT2D eigenvalue weighted by Gasteiger charge is 2.26. The van der Waals surface area contributed by atoms with E-state index in [-0.39, 0.29) is 18.0 Å². The van der Waals surface area contributed by atoms with Gasteiger partial charge in [0.1, 0.15) is 11.5 Å². The van der Waals surface area contributed by atoms with Crippen LogP contribution in [0.5, 0.6) is 0 Å². The fourth-order valence-corrected chi connectivity index (χ4v) is 5.09. The van der Waals surface area contributed by atoms with Gasteiger partial charge in [-0.15, -0.1) is 0 Å². The molecule has 2 aromatic heterocycles. The average molecular weight is 459 g/mol. The lowest BCUT2D eigenvalue weighted by molar-refractivity contribution is 0.0714. The number of hydrogen-bond acceptors (Lipinski definition) is 6. The number of para-hydroxylation sites is 1. The Morgan fingerprint density at radius 1 is 1.21 bits per heavy atom. The molecule has 2 unspecified atom stereocenters. The lowest BCUT2D eigenvalue weighted by atomic mass is 9.92. The predicted octanol–water partition coefficient (Wildman–Crippen LogP) is 4.56. The Hall–Kier alpha value is -3.32. The number of dihydropyridines is 1. The molecule has 176 valence electrons. The highest BCUT2D eigenvalue weighted by Crippen LogP contribution is 2.31. The maximum atomic E-state index is 13.0. The molecule has 5 rings (SSSR count). The van der Waals surface area contributed by atoms with Crippen molar-refractivity contribution in [3.63, 3.8) is 0 Å². The Bertz CT molecular complexity index is 1260. The van der Waals surface area contributed by atoms with E-state index in [0.29, 0.717) is 12.1 Å². The number of aliphatic hydroxyl groups is 1. The third-order valence-electron chi connectivity index (χ3n) is 6.92. The van der Waals surface area contributed by atoms with Crippen molar-refractivity contribution < 1.29 is 14.4 Å². The summed E-state index contributed by atoms with van der Waals surface area (Å²) in [4.78, 5) is 22.4. The molecule has 1 aromatic carbocycles. The molecule has 7 nitrogen and oxygen atoms in total. The number of pyridine rings is 1. The number of aliphatic imine (C=N–C) groups is 1. The van der Waals surface area contributed by atoms with Crippen molar-refractivity contribution in [1.29, 1.82) is 0 Å². The van der Waals surface area contributed by atoms with Gasteiger partial charge in [-0.3, -0.25) is 9.79 Å². The van der Waals surface area contributed by atoms with E-state index in [1.165, 1.54) is 0 Å². The molecule has 34 heavy (non-hydrogen) atoms. The molecular weight excluding hydrogens is 428 g/mol. The lowest BCUT2D eigenvalue weighted by Crippen LogP contribution is -2.45. The molecule has 0 spiro atoms. The topological polar surface area (TPSA) is 101 Å². The number of benzene rings is 1. The van der Waals surface area contributed by atoms with E-state index in [1.807, 2.05) is 50.4 Å². The second kappa shape index (κ2) is 9.50. The van der Waals surface area contributed by atoms with Crippen molar-refractivity contribution in [2.75, 3.05) is 0 Å². The number of carbonyl (C=O) groups is 1. The summed E-state index contributed by atoms with van der Waals surface area (Å²) < 4.78 is 5.31. The summed E-state index contributed by atoms with van der Waals surface area (Å²) in [6.07, 6.45) is 8.61. The fourth-order valence-electron chi connectivity index (χ4n) is 5.09. The van der Waals surface area contributed by atoms with Crippen LogP contribution in [0.4, 0.5) is 0 Å². The molecule has 1 aliphatic heterocycles. The monoisotopic (exact) mass is 458 g/mol. The van der Waals surface area contributed by atoms with E-state index in [1.54, 1.807) is 0 Å². The first-order chi connectivity index (χ1) is 16.5. The zero-order valence-electron chi connectivity index (χ0n) is 19.6. The van der Waals surface area contributed by atoms with Crippen molar-refractivity contribution in [2.45, 2.75) is 70.6 Å². The summed E-state index contributed by atoms with van der Waals surface area (Å²) in [5, 5.41) is 18.4. The molecular formula is C27H30N4O3. The van der Waals surface area contributed by atoms with Crippen LogP contribution >= 0.6 is 0 Å². The standard InChI is InChI=1S/C27H30N4O3/c1-16-26(17(2)34-31-16)23-12-11-18(15-28-23)13-19-14-24(29-21-8-4-3-7-20(19)21)27(33)30-22-9-5-6-10-25(22)32/h3-4,7-8,11,14-15,22-23,25,32H,5-6,9-10,12-13H2,1-2H3,(H,30,33)/t22?,23?,25-/m0/s1. The van der Waals surface area contributed by atoms with Crippen LogP contribution in [-0.2, 0) is 6.42 Å². The molecule has 1 amide bonds. The Morgan fingerprint density at radius 2 is 2.03 bits per heavy atom. The van der Waals surface area contributed by atoms with E-state index >= 15 is 0 Å². The van der Waals surface area contributed by atoms with Crippen molar-refractivity contribution >= 4 is 23.0 Å². The molecule has 3 heterocycles. The van der Waals surface area contributed by atoms with Crippen molar-refractivity contribution in [2.24, 2.45) is 4.99 Å². The number of nitrogens with one attached hydrogen (secondary N) is 1. The maximum absolute atomic E-state index is 13.0. The summed E-state index contributed by atoms with van der Waals surface area (Å²) in [6, 6.07) is 9.57. The molecule has 0 saturated heterocycles. The first-order valence-electron chi connectivity index (χ1n) is 12.0. The number of nitrogens with zero attached hydrogens (tertiary/aromatic N) is 3. The van der Waals surface area contributed by atoms with Gasteiger partial charge in [0, 0.05) is 17.2 Å². The minimum Gasteiger partial charge on any atom is -0.391 e. The molecule has 0 radical (unpaired) electrons. The first-order valence-corrected chi connectivity index (χ1v) is 12.0. The Kier molecular flexibility index (Phi) is 6.28. The van der Waals surface area contributed by atoms with Crippen LogP contribution in [-0.4, -0.2) is 39.5 Å². The number of aryl methyl sites for hydroxylation is 2. The minimum atomic E-state index is -0.494. The third kappa shape index (κ3) is 4.53. The molecule has 1 saturated carbocycles. The Balaban J connectivity index is 1.38. The Labute approximate surface area is 199 Å². The second-order valence-electron chi connectivity index (χ2n) is 9.34. The molecule has 2 aliphatic rings. The summed E-state index contributed by atoms with van der Waals surface area (Å²) in [5.41, 5.74) is 5.26. The first kappa shape index (κ1) is 22.5. The number of hydrogen-bond donors (Lipinski definition) is 2. The molecule has 1 aliphatic carbocycles.